The second-order valence-electron chi connectivity index (χ2n) is 7.99. The summed E-state index contributed by atoms with van der Waals surface area (Å²) in [4.78, 5) is 16.9. The molecule has 1 fully saturated rings. The molecule has 1 heterocycles. The van der Waals surface area contributed by atoms with Crippen LogP contribution in [0.25, 0.3) is 0 Å². The minimum atomic E-state index is -4.10. The molecule has 1 atom stereocenters. The van der Waals surface area contributed by atoms with E-state index in [0.29, 0.717) is 30.8 Å². The van der Waals surface area contributed by atoms with E-state index in [1.807, 2.05) is 6.92 Å². The third-order valence-electron chi connectivity index (χ3n) is 6.01. The maximum atomic E-state index is 13.8. The molecular weight excluding hydrogens is 446 g/mol. The molecule has 180 valence electrons. The van der Waals surface area contributed by atoms with Crippen molar-refractivity contribution in [1.82, 2.24) is 14.8 Å². The second kappa shape index (κ2) is 11.6. The number of carbonyl (C=O) groups is 1. The van der Waals surface area contributed by atoms with Crippen LogP contribution in [0.1, 0.15) is 38.2 Å². The largest absolute Gasteiger partial charge is 0.497 e. The average Bonchev–Trinajstić information content (AvgIpc) is 2.85. The molecule has 1 saturated carbocycles. The highest BCUT2D eigenvalue weighted by molar-refractivity contribution is 7.89. The van der Waals surface area contributed by atoms with Crippen LogP contribution in [0.4, 0.5) is 0 Å². The molecule has 0 spiro atoms. The number of carbonyl (C=O) groups excluding carboxylic acids is 1. The molecule has 33 heavy (non-hydrogen) atoms. The molecule has 1 aromatic carbocycles. The van der Waals surface area contributed by atoms with Gasteiger partial charge in [-0.2, -0.15) is 4.31 Å². The second-order valence-corrected chi connectivity index (χ2v) is 9.88. The lowest BCUT2D eigenvalue weighted by Crippen LogP contribution is -2.53. The monoisotopic (exact) mass is 477 g/mol. The van der Waals surface area contributed by atoms with Crippen molar-refractivity contribution in [2.45, 2.75) is 56.2 Å². The molecule has 0 radical (unpaired) electrons. The van der Waals surface area contributed by atoms with Crippen LogP contribution in [0.15, 0.2) is 53.7 Å². The lowest BCUT2D eigenvalue weighted by atomic mass is 9.82. The fraction of sp³-hybridized carbons (Fsp3) is 0.478. The van der Waals surface area contributed by atoms with E-state index in [9.17, 15) is 18.4 Å². The highest BCUT2D eigenvalue weighted by atomic mass is 32.2. The van der Waals surface area contributed by atoms with Gasteiger partial charge in [0.25, 0.3) is 5.91 Å². The topological polar surface area (TPSA) is 118 Å². The van der Waals surface area contributed by atoms with Crippen LogP contribution in [-0.2, 0) is 26.1 Å². The number of benzene rings is 1. The Hall–Kier alpha value is -2.53. The summed E-state index contributed by atoms with van der Waals surface area (Å²) >= 11 is 0. The molecule has 2 aromatic rings. The van der Waals surface area contributed by atoms with Crippen molar-refractivity contribution in [2.75, 3.05) is 13.7 Å². The quantitative estimate of drug-likeness (QED) is 0.399. The van der Waals surface area contributed by atoms with Crippen LogP contribution in [0.3, 0.4) is 0 Å². The molecule has 1 amide bonds. The van der Waals surface area contributed by atoms with Gasteiger partial charge in [0.05, 0.1) is 18.1 Å². The van der Waals surface area contributed by atoms with Gasteiger partial charge in [-0.15, -0.1) is 0 Å². The number of hydrogen-bond donors (Lipinski definition) is 2. The van der Waals surface area contributed by atoms with Crippen molar-refractivity contribution in [3.8, 4) is 5.75 Å². The predicted molar refractivity (Wildman–Crippen MR) is 121 cm³/mol. The number of methoxy groups -OCH3 is 1. The number of aromatic nitrogens is 1. The Kier molecular flexibility index (Phi) is 8.79. The summed E-state index contributed by atoms with van der Waals surface area (Å²) in [6.07, 6.45) is 5.89. The van der Waals surface area contributed by atoms with Crippen LogP contribution in [0, 0.1) is 5.92 Å². The first-order valence-electron chi connectivity index (χ1n) is 11.0. The third kappa shape index (κ3) is 6.08. The van der Waals surface area contributed by atoms with Crippen molar-refractivity contribution >= 4 is 15.9 Å². The van der Waals surface area contributed by atoms with Gasteiger partial charge < -0.3 is 9.47 Å². The van der Waals surface area contributed by atoms with E-state index >= 15 is 0 Å². The normalized spacial score (nSPS) is 19.8. The maximum absolute atomic E-state index is 13.8. The van der Waals surface area contributed by atoms with Gasteiger partial charge in [-0.25, -0.2) is 13.9 Å². The zero-order chi connectivity index (χ0) is 23.8. The van der Waals surface area contributed by atoms with Crippen molar-refractivity contribution in [3.63, 3.8) is 0 Å². The van der Waals surface area contributed by atoms with Crippen LogP contribution >= 0.6 is 0 Å². The summed E-state index contributed by atoms with van der Waals surface area (Å²) in [5.41, 5.74) is 2.38. The zero-order valence-electron chi connectivity index (χ0n) is 18.9. The van der Waals surface area contributed by atoms with Gasteiger partial charge >= 0.3 is 0 Å². The summed E-state index contributed by atoms with van der Waals surface area (Å²) < 4.78 is 39.6. The van der Waals surface area contributed by atoms with Crippen molar-refractivity contribution in [1.29, 1.82) is 0 Å². The Morgan fingerprint density at radius 1 is 1.15 bits per heavy atom. The number of nitrogens with zero attached hydrogens (tertiary/aromatic N) is 2. The van der Waals surface area contributed by atoms with Gasteiger partial charge in [-0.3, -0.25) is 15.0 Å². The first kappa shape index (κ1) is 25.1. The lowest BCUT2D eigenvalue weighted by Gasteiger charge is -2.38. The minimum absolute atomic E-state index is 0.0381. The highest BCUT2D eigenvalue weighted by Gasteiger charge is 2.42. The van der Waals surface area contributed by atoms with Gasteiger partial charge in [0.1, 0.15) is 11.8 Å². The standard InChI is InChI=1S/C23H31N3O6S/c1-3-32-20-6-4-18(5-7-20)22(23(27)25-28)26(16-17-12-14-24-15-13-17)33(29,30)21-10-8-19(31-2)9-11-21/h8-15,18,20,22,28H,3-7,16H2,1-2H3,(H,25,27)/t18?,20?,22-/m1/s1. The first-order valence-corrected chi connectivity index (χ1v) is 12.4. The molecule has 10 heteroatoms. The molecule has 0 saturated heterocycles. The van der Waals surface area contributed by atoms with E-state index in [2.05, 4.69) is 4.98 Å². The molecule has 1 aromatic heterocycles. The smallest absolute Gasteiger partial charge is 0.262 e. The molecule has 1 aliphatic carbocycles. The Labute approximate surface area is 194 Å². The molecule has 3 rings (SSSR count). The SMILES string of the molecule is CCOC1CCC([C@H](C(=O)NO)N(Cc2ccncc2)S(=O)(=O)c2ccc(OC)cc2)CC1. The Morgan fingerprint density at radius 3 is 2.33 bits per heavy atom. The number of hydrogen-bond acceptors (Lipinski definition) is 7. The summed E-state index contributed by atoms with van der Waals surface area (Å²) in [6, 6.07) is 8.35. The summed E-state index contributed by atoms with van der Waals surface area (Å²) in [7, 11) is -2.60. The van der Waals surface area contributed by atoms with Crippen molar-refractivity contribution in [2.24, 2.45) is 5.92 Å². The molecule has 1 aliphatic rings. The van der Waals surface area contributed by atoms with Crippen LogP contribution in [0.5, 0.6) is 5.75 Å². The minimum Gasteiger partial charge on any atom is -0.497 e. The number of ether oxygens (including phenoxy) is 2. The fourth-order valence-corrected chi connectivity index (χ4v) is 5.97. The summed E-state index contributed by atoms with van der Waals surface area (Å²) in [5, 5.41) is 9.52. The average molecular weight is 478 g/mol. The zero-order valence-corrected chi connectivity index (χ0v) is 19.7. The Balaban J connectivity index is 2.00. The summed E-state index contributed by atoms with van der Waals surface area (Å²) in [5.74, 6) is -0.502. The van der Waals surface area contributed by atoms with Gasteiger partial charge in [-0.1, -0.05) is 0 Å². The number of pyridine rings is 1. The van der Waals surface area contributed by atoms with Gasteiger partial charge in [-0.05, 0) is 80.5 Å². The first-order chi connectivity index (χ1) is 15.9. The number of hydroxylamine groups is 1. The molecular formula is C23H31N3O6S. The Morgan fingerprint density at radius 2 is 1.79 bits per heavy atom. The molecule has 0 aliphatic heterocycles. The van der Waals surface area contributed by atoms with E-state index in [4.69, 9.17) is 9.47 Å². The summed E-state index contributed by atoms with van der Waals surface area (Å²) in [6.45, 7) is 2.50. The van der Waals surface area contributed by atoms with Crippen LogP contribution in [0.2, 0.25) is 0 Å². The van der Waals surface area contributed by atoms with E-state index in [-0.39, 0.29) is 23.5 Å². The van der Waals surface area contributed by atoms with Crippen LogP contribution < -0.4 is 10.2 Å². The van der Waals surface area contributed by atoms with Crippen molar-refractivity contribution < 1.29 is 27.9 Å². The van der Waals surface area contributed by atoms with E-state index < -0.39 is 22.0 Å². The fourth-order valence-electron chi connectivity index (χ4n) is 4.34. The number of sulfonamides is 1. The predicted octanol–water partition coefficient (Wildman–Crippen LogP) is 2.75. The van der Waals surface area contributed by atoms with E-state index in [1.54, 1.807) is 42.1 Å². The van der Waals surface area contributed by atoms with Crippen LogP contribution in [-0.4, -0.2) is 54.7 Å². The van der Waals surface area contributed by atoms with Gasteiger partial charge in [0, 0.05) is 25.5 Å². The molecule has 2 N–H and O–H groups in total. The van der Waals surface area contributed by atoms with Gasteiger partial charge in [0.15, 0.2) is 0 Å². The number of nitrogens with one attached hydrogen (secondary N) is 1. The number of rotatable bonds is 10. The highest BCUT2D eigenvalue weighted by Crippen LogP contribution is 2.34. The lowest BCUT2D eigenvalue weighted by molar-refractivity contribution is -0.136. The van der Waals surface area contributed by atoms with E-state index in [1.165, 1.54) is 23.5 Å². The third-order valence-corrected chi connectivity index (χ3v) is 7.85. The molecule has 0 unspecified atom stereocenters. The Bertz CT molecular complexity index is 993. The number of amides is 1. The van der Waals surface area contributed by atoms with Crippen molar-refractivity contribution in [3.05, 3.63) is 54.4 Å². The molecule has 0 bridgehead atoms. The maximum Gasteiger partial charge on any atom is 0.262 e. The van der Waals surface area contributed by atoms with Gasteiger partial charge in [0.2, 0.25) is 10.0 Å². The molecule has 9 nitrogen and oxygen atoms in total. The van der Waals surface area contributed by atoms with E-state index in [0.717, 1.165) is 12.8 Å².